The Bertz CT molecular complexity index is 727. The third-order valence-corrected chi connectivity index (χ3v) is 4.90. The molecule has 0 fully saturated rings. The molecule has 0 saturated carbocycles. The lowest BCUT2D eigenvalue weighted by molar-refractivity contribution is 0.0681. The minimum absolute atomic E-state index is 0.295. The minimum atomic E-state index is -0.295. The molecule has 0 saturated heterocycles. The molecule has 132 valence electrons. The minimum Gasteiger partial charge on any atom is -0.497 e. The maximum absolute atomic E-state index is 6.36. The fraction of sp³-hybridized carbons (Fsp3) is 0.364. The SMILES string of the molecule is COc1ccc(OC(C)(C)[C@@H]2CCC=C2c2ccc(OC)cc2)cc1. The normalized spacial score (nSPS) is 17.1. The van der Waals surface area contributed by atoms with Gasteiger partial charge >= 0.3 is 0 Å². The second-order valence-corrected chi connectivity index (χ2v) is 6.90. The van der Waals surface area contributed by atoms with Gasteiger partial charge < -0.3 is 14.2 Å². The molecule has 0 bridgehead atoms. The summed E-state index contributed by atoms with van der Waals surface area (Å²) in [5.74, 6) is 2.94. The first-order valence-corrected chi connectivity index (χ1v) is 8.71. The van der Waals surface area contributed by atoms with E-state index in [1.54, 1.807) is 14.2 Å². The Balaban J connectivity index is 1.78. The highest BCUT2D eigenvalue weighted by molar-refractivity contribution is 5.70. The van der Waals surface area contributed by atoms with Gasteiger partial charge in [0, 0.05) is 5.92 Å². The van der Waals surface area contributed by atoms with Gasteiger partial charge in [0.05, 0.1) is 14.2 Å². The second-order valence-electron chi connectivity index (χ2n) is 6.90. The highest BCUT2D eigenvalue weighted by Crippen LogP contribution is 2.42. The van der Waals surface area contributed by atoms with Crippen LogP contribution in [0.5, 0.6) is 17.2 Å². The van der Waals surface area contributed by atoms with E-state index in [4.69, 9.17) is 14.2 Å². The van der Waals surface area contributed by atoms with Crippen molar-refractivity contribution in [1.82, 2.24) is 0 Å². The maximum atomic E-state index is 6.36. The first kappa shape index (κ1) is 17.4. The van der Waals surface area contributed by atoms with Gasteiger partial charge in [0.2, 0.25) is 0 Å². The molecule has 0 spiro atoms. The lowest BCUT2D eigenvalue weighted by Crippen LogP contribution is -2.37. The zero-order valence-corrected chi connectivity index (χ0v) is 15.4. The van der Waals surface area contributed by atoms with Crippen LogP contribution in [-0.4, -0.2) is 19.8 Å². The summed E-state index contributed by atoms with van der Waals surface area (Å²) in [6, 6.07) is 16.1. The van der Waals surface area contributed by atoms with Crippen LogP contribution in [0.1, 0.15) is 32.3 Å². The van der Waals surface area contributed by atoms with Crippen LogP contribution in [-0.2, 0) is 0 Å². The van der Waals surface area contributed by atoms with E-state index in [-0.39, 0.29) is 5.60 Å². The summed E-state index contributed by atoms with van der Waals surface area (Å²) in [6.07, 6.45) is 4.53. The summed E-state index contributed by atoms with van der Waals surface area (Å²) in [4.78, 5) is 0. The highest BCUT2D eigenvalue weighted by atomic mass is 16.5. The van der Waals surface area contributed by atoms with Crippen LogP contribution in [0.15, 0.2) is 54.6 Å². The molecule has 0 aliphatic heterocycles. The number of hydrogen-bond donors (Lipinski definition) is 0. The fourth-order valence-electron chi connectivity index (χ4n) is 3.55. The van der Waals surface area contributed by atoms with Gasteiger partial charge in [-0.3, -0.25) is 0 Å². The van der Waals surface area contributed by atoms with E-state index in [0.717, 1.165) is 30.1 Å². The molecule has 0 N–H and O–H groups in total. The summed E-state index contributed by atoms with van der Waals surface area (Å²) in [6.45, 7) is 4.34. The average Bonchev–Trinajstić information content (AvgIpc) is 3.13. The van der Waals surface area contributed by atoms with Crippen LogP contribution < -0.4 is 14.2 Å². The van der Waals surface area contributed by atoms with Crippen molar-refractivity contribution in [3.05, 3.63) is 60.2 Å². The molecule has 0 heterocycles. The number of methoxy groups -OCH3 is 2. The summed E-state index contributed by atoms with van der Waals surface area (Å²) in [7, 11) is 3.36. The van der Waals surface area contributed by atoms with Gasteiger partial charge in [-0.1, -0.05) is 18.2 Å². The predicted molar refractivity (Wildman–Crippen MR) is 101 cm³/mol. The summed E-state index contributed by atoms with van der Waals surface area (Å²) in [5, 5.41) is 0. The Morgan fingerprint density at radius 2 is 1.32 bits per heavy atom. The zero-order chi connectivity index (χ0) is 17.9. The molecule has 3 nitrogen and oxygen atoms in total. The zero-order valence-electron chi connectivity index (χ0n) is 15.4. The van der Waals surface area contributed by atoms with Gasteiger partial charge in [-0.2, -0.15) is 0 Å². The number of rotatable bonds is 6. The Labute approximate surface area is 150 Å². The molecular formula is C22H26O3. The fourth-order valence-corrected chi connectivity index (χ4v) is 3.55. The predicted octanol–water partition coefficient (Wildman–Crippen LogP) is 5.35. The molecule has 25 heavy (non-hydrogen) atoms. The van der Waals surface area contributed by atoms with E-state index in [1.807, 2.05) is 36.4 Å². The quantitative estimate of drug-likeness (QED) is 0.710. The Hall–Kier alpha value is -2.42. The van der Waals surface area contributed by atoms with Crippen molar-refractivity contribution in [1.29, 1.82) is 0 Å². The summed E-state index contributed by atoms with van der Waals surface area (Å²) >= 11 is 0. The third kappa shape index (κ3) is 3.81. The number of ether oxygens (including phenoxy) is 3. The van der Waals surface area contributed by atoms with Gasteiger partial charge in [0.25, 0.3) is 0 Å². The van der Waals surface area contributed by atoms with E-state index >= 15 is 0 Å². The van der Waals surface area contributed by atoms with E-state index in [2.05, 4.69) is 32.1 Å². The topological polar surface area (TPSA) is 27.7 Å². The van der Waals surface area contributed by atoms with Gasteiger partial charge in [-0.25, -0.2) is 0 Å². The molecule has 3 rings (SSSR count). The molecule has 0 unspecified atom stereocenters. The molecule has 0 radical (unpaired) electrons. The van der Waals surface area contributed by atoms with Crippen LogP contribution in [0, 0.1) is 5.92 Å². The number of benzene rings is 2. The Kier molecular flexibility index (Phi) is 5.03. The van der Waals surface area contributed by atoms with Crippen LogP contribution >= 0.6 is 0 Å². The number of allylic oxidation sites excluding steroid dienone is 1. The van der Waals surface area contributed by atoms with Crippen LogP contribution in [0.3, 0.4) is 0 Å². The lowest BCUT2D eigenvalue weighted by Gasteiger charge is -2.34. The van der Waals surface area contributed by atoms with Crippen molar-refractivity contribution < 1.29 is 14.2 Å². The van der Waals surface area contributed by atoms with Crippen LogP contribution in [0.25, 0.3) is 5.57 Å². The Morgan fingerprint density at radius 3 is 1.88 bits per heavy atom. The molecule has 1 aliphatic rings. The molecule has 2 aromatic rings. The molecule has 0 amide bonds. The Morgan fingerprint density at radius 1 is 0.800 bits per heavy atom. The van der Waals surface area contributed by atoms with Crippen molar-refractivity contribution in [2.75, 3.05) is 14.2 Å². The van der Waals surface area contributed by atoms with Crippen LogP contribution in [0.4, 0.5) is 0 Å². The standard InChI is InChI=1S/C22H26O3/c1-22(2,25-19-14-12-18(24-4)13-15-19)21-7-5-6-20(21)16-8-10-17(23-3)11-9-16/h6,8-15,21H,5,7H2,1-4H3/t21-/m1/s1. The van der Waals surface area contributed by atoms with Gasteiger partial charge in [0.1, 0.15) is 22.8 Å². The molecule has 0 aromatic heterocycles. The van der Waals surface area contributed by atoms with Crippen molar-refractivity contribution >= 4 is 5.57 Å². The average molecular weight is 338 g/mol. The molecule has 3 heteroatoms. The molecular weight excluding hydrogens is 312 g/mol. The smallest absolute Gasteiger partial charge is 0.120 e. The van der Waals surface area contributed by atoms with Crippen molar-refractivity contribution in [3.8, 4) is 17.2 Å². The summed E-state index contributed by atoms with van der Waals surface area (Å²) in [5.41, 5.74) is 2.31. The third-order valence-electron chi connectivity index (χ3n) is 4.90. The van der Waals surface area contributed by atoms with Crippen molar-refractivity contribution in [2.24, 2.45) is 5.92 Å². The molecule has 1 atom stereocenters. The second kappa shape index (κ2) is 7.22. The lowest BCUT2D eigenvalue weighted by atomic mass is 9.82. The highest BCUT2D eigenvalue weighted by Gasteiger charge is 2.36. The largest absolute Gasteiger partial charge is 0.497 e. The van der Waals surface area contributed by atoms with E-state index in [9.17, 15) is 0 Å². The summed E-state index contributed by atoms with van der Waals surface area (Å²) < 4.78 is 16.8. The van der Waals surface area contributed by atoms with E-state index in [1.165, 1.54) is 11.1 Å². The van der Waals surface area contributed by atoms with E-state index < -0.39 is 0 Å². The molecule has 1 aliphatic carbocycles. The van der Waals surface area contributed by atoms with Crippen LogP contribution in [0.2, 0.25) is 0 Å². The van der Waals surface area contributed by atoms with Gasteiger partial charge in [-0.15, -0.1) is 0 Å². The van der Waals surface area contributed by atoms with Gasteiger partial charge in [0.15, 0.2) is 0 Å². The molecule has 2 aromatic carbocycles. The number of hydrogen-bond acceptors (Lipinski definition) is 3. The van der Waals surface area contributed by atoms with E-state index in [0.29, 0.717) is 5.92 Å². The van der Waals surface area contributed by atoms with Crippen molar-refractivity contribution in [2.45, 2.75) is 32.3 Å². The maximum Gasteiger partial charge on any atom is 0.120 e. The first-order valence-electron chi connectivity index (χ1n) is 8.71. The monoisotopic (exact) mass is 338 g/mol. The van der Waals surface area contributed by atoms with Crippen molar-refractivity contribution in [3.63, 3.8) is 0 Å². The first-order chi connectivity index (χ1) is 12.0. The van der Waals surface area contributed by atoms with Gasteiger partial charge in [-0.05, 0) is 74.2 Å².